The van der Waals surface area contributed by atoms with E-state index in [1.807, 2.05) is 31.2 Å². The van der Waals surface area contributed by atoms with Gasteiger partial charge < -0.3 is 9.73 Å². The molecular formula is C13H14N2O2. The standard InChI is InChI=1S/C13H14N2O2/c1-10-2-4-11(5-3-10)13(16)14-7-6-12-8-17-9-15-12/h2-5,8-9H,6-7H2,1H3,(H,14,16). The number of aromatic nitrogens is 1. The fraction of sp³-hybridized carbons (Fsp3) is 0.231. The van der Waals surface area contributed by atoms with Gasteiger partial charge >= 0.3 is 0 Å². The Kier molecular flexibility index (Phi) is 3.55. The third-order valence-electron chi connectivity index (χ3n) is 2.46. The van der Waals surface area contributed by atoms with Crippen LogP contribution in [0, 0.1) is 6.92 Å². The summed E-state index contributed by atoms with van der Waals surface area (Å²) in [5, 5.41) is 2.84. The highest BCUT2D eigenvalue weighted by Crippen LogP contribution is 2.02. The van der Waals surface area contributed by atoms with Crippen molar-refractivity contribution in [3.63, 3.8) is 0 Å². The molecule has 0 aliphatic carbocycles. The minimum absolute atomic E-state index is 0.0616. The second kappa shape index (κ2) is 5.30. The molecule has 1 aromatic carbocycles. The monoisotopic (exact) mass is 230 g/mol. The molecule has 2 aromatic rings. The lowest BCUT2D eigenvalue weighted by Crippen LogP contribution is -2.25. The molecule has 0 spiro atoms. The van der Waals surface area contributed by atoms with E-state index in [9.17, 15) is 4.79 Å². The highest BCUT2D eigenvalue weighted by molar-refractivity contribution is 5.94. The summed E-state index contributed by atoms with van der Waals surface area (Å²) in [5.74, 6) is -0.0616. The van der Waals surface area contributed by atoms with Crippen LogP contribution in [0.2, 0.25) is 0 Å². The van der Waals surface area contributed by atoms with Gasteiger partial charge in [0.25, 0.3) is 5.91 Å². The van der Waals surface area contributed by atoms with E-state index in [0.29, 0.717) is 18.5 Å². The van der Waals surface area contributed by atoms with E-state index in [2.05, 4.69) is 10.3 Å². The molecule has 4 heteroatoms. The van der Waals surface area contributed by atoms with Crippen molar-refractivity contribution in [1.29, 1.82) is 0 Å². The number of hydrogen-bond donors (Lipinski definition) is 1. The first-order valence-corrected chi connectivity index (χ1v) is 5.47. The van der Waals surface area contributed by atoms with E-state index in [1.54, 1.807) is 6.26 Å². The minimum Gasteiger partial charge on any atom is -0.451 e. The average molecular weight is 230 g/mol. The summed E-state index contributed by atoms with van der Waals surface area (Å²) < 4.78 is 4.85. The molecule has 4 nitrogen and oxygen atoms in total. The van der Waals surface area contributed by atoms with Crippen LogP contribution in [0.5, 0.6) is 0 Å². The number of nitrogens with zero attached hydrogens (tertiary/aromatic N) is 1. The Morgan fingerprint density at radius 2 is 2.12 bits per heavy atom. The second-order valence-corrected chi connectivity index (χ2v) is 3.85. The lowest BCUT2D eigenvalue weighted by molar-refractivity contribution is 0.0954. The van der Waals surface area contributed by atoms with Crippen molar-refractivity contribution in [2.45, 2.75) is 13.3 Å². The maximum atomic E-state index is 11.7. The molecule has 1 N–H and O–H groups in total. The zero-order valence-corrected chi connectivity index (χ0v) is 9.64. The van der Waals surface area contributed by atoms with Crippen LogP contribution < -0.4 is 5.32 Å². The normalized spacial score (nSPS) is 10.2. The Morgan fingerprint density at radius 1 is 1.35 bits per heavy atom. The number of nitrogens with one attached hydrogen (secondary N) is 1. The Bertz CT molecular complexity index is 475. The predicted octanol–water partition coefficient (Wildman–Crippen LogP) is 1.96. The van der Waals surface area contributed by atoms with Crippen LogP contribution >= 0.6 is 0 Å². The smallest absolute Gasteiger partial charge is 0.251 e. The van der Waals surface area contributed by atoms with Crippen molar-refractivity contribution in [2.75, 3.05) is 6.54 Å². The summed E-state index contributed by atoms with van der Waals surface area (Å²) in [7, 11) is 0. The fourth-order valence-corrected chi connectivity index (χ4v) is 1.47. The molecule has 1 aromatic heterocycles. The molecule has 0 radical (unpaired) electrons. The van der Waals surface area contributed by atoms with Crippen LogP contribution in [0.4, 0.5) is 0 Å². The van der Waals surface area contributed by atoms with E-state index in [-0.39, 0.29) is 5.91 Å². The second-order valence-electron chi connectivity index (χ2n) is 3.85. The van der Waals surface area contributed by atoms with Crippen molar-refractivity contribution >= 4 is 5.91 Å². The van der Waals surface area contributed by atoms with Crippen molar-refractivity contribution < 1.29 is 9.21 Å². The lowest BCUT2D eigenvalue weighted by Gasteiger charge is -2.04. The minimum atomic E-state index is -0.0616. The summed E-state index contributed by atoms with van der Waals surface area (Å²) >= 11 is 0. The number of carbonyl (C=O) groups excluding carboxylic acids is 1. The van der Waals surface area contributed by atoms with Gasteiger partial charge in [0, 0.05) is 18.5 Å². The zero-order chi connectivity index (χ0) is 12.1. The van der Waals surface area contributed by atoms with E-state index < -0.39 is 0 Å². The van der Waals surface area contributed by atoms with Gasteiger partial charge in [-0.2, -0.15) is 0 Å². The third kappa shape index (κ3) is 3.17. The topological polar surface area (TPSA) is 55.1 Å². The first kappa shape index (κ1) is 11.4. The Hall–Kier alpha value is -2.10. The molecule has 0 saturated heterocycles. The first-order chi connectivity index (χ1) is 8.25. The van der Waals surface area contributed by atoms with Gasteiger partial charge in [-0.05, 0) is 19.1 Å². The SMILES string of the molecule is Cc1ccc(C(=O)NCCc2cocn2)cc1. The van der Waals surface area contributed by atoms with E-state index >= 15 is 0 Å². The van der Waals surface area contributed by atoms with E-state index in [1.165, 1.54) is 6.39 Å². The largest absolute Gasteiger partial charge is 0.451 e. The van der Waals surface area contributed by atoms with E-state index in [4.69, 9.17) is 4.42 Å². The van der Waals surface area contributed by atoms with Crippen LogP contribution in [-0.4, -0.2) is 17.4 Å². The van der Waals surface area contributed by atoms with Gasteiger partial charge in [-0.15, -0.1) is 0 Å². The molecule has 2 rings (SSSR count). The maximum Gasteiger partial charge on any atom is 0.251 e. The zero-order valence-electron chi connectivity index (χ0n) is 9.64. The van der Waals surface area contributed by atoms with E-state index in [0.717, 1.165) is 11.3 Å². The van der Waals surface area contributed by atoms with Crippen molar-refractivity contribution in [3.05, 3.63) is 53.7 Å². The number of oxazole rings is 1. The molecule has 0 aliphatic rings. The van der Waals surface area contributed by atoms with Gasteiger partial charge in [-0.25, -0.2) is 4.98 Å². The highest BCUT2D eigenvalue weighted by atomic mass is 16.3. The molecule has 0 saturated carbocycles. The molecule has 1 amide bonds. The van der Waals surface area contributed by atoms with Crippen molar-refractivity contribution in [2.24, 2.45) is 0 Å². The predicted molar refractivity (Wildman–Crippen MR) is 63.7 cm³/mol. The summed E-state index contributed by atoms with van der Waals surface area (Å²) in [6, 6.07) is 7.49. The molecule has 1 heterocycles. The Labute approximate surface area is 99.7 Å². The summed E-state index contributed by atoms with van der Waals surface area (Å²) in [6.07, 6.45) is 3.64. The summed E-state index contributed by atoms with van der Waals surface area (Å²) in [4.78, 5) is 15.7. The number of aryl methyl sites for hydroxylation is 1. The van der Waals surface area contributed by atoms with Crippen molar-refractivity contribution in [1.82, 2.24) is 10.3 Å². The van der Waals surface area contributed by atoms with Gasteiger partial charge in [0.15, 0.2) is 6.39 Å². The molecule has 0 atom stereocenters. The number of amides is 1. The first-order valence-electron chi connectivity index (χ1n) is 5.47. The third-order valence-corrected chi connectivity index (χ3v) is 2.46. The maximum absolute atomic E-state index is 11.7. The fourth-order valence-electron chi connectivity index (χ4n) is 1.47. The number of carbonyl (C=O) groups is 1. The Balaban J connectivity index is 1.83. The molecule has 88 valence electrons. The molecule has 0 unspecified atom stereocenters. The van der Waals surface area contributed by atoms with Crippen molar-refractivity contribution in [3.8, 4) is 0 Å². The van der Waals surface area contributed by atoms with Crippen LogP contribution in [0.1, 0.15) is 21.6 Å². The molecule has 0 bridgehead atoms. The lowest BCUT2D eigenvalue weighted by atomic mass is 10.1. The van der Waals surface area contributed by atoms with Gasteiger partial charge in [0.1, 0.15) is 6.26 Å². The van der Waals surface area contributed by atoms with Gasteiger partial charge in [0.05, 0.1) is 5.69 Å². The molecule has 17 heavy (non-hydrogen) atoms. The summed E-state index contributed by atoms with van der Waals surface area (Å²) in [6.45, 7) is 2.55. The van der Waals surface area contributed by atoms with Gasteiger partial charge in [-0.1, -0.05) is 17.7 Å². The van der Waals surface area contributed by atoms with Gasteiger partial charge in [-0.3, -0.25) is 4.79 Å². The number of benzene rings is 1. The summed E-state index contributed by atoms with van der Waals surface area (Å²) in [5.41, 5.74) is 2.66. The molecule has 0 fully saturated rings. The number of hydrogen-bond acceptors (Lipinski definition) is 3. The average Bonchev–Trinajstić information content (AvgIpc) is 2.83. The van der Waals surface area contributed by atoms with Gasteiger partial charge in [0.2, 0.25) is 0 Å². The Morgan fingerprint density at radius 3 is 2.76 bits per heavy atom. The number of rotatable bonds is 4. The molecule has 0 aliphatic heterocycles. The van der Waals surface area contributed by atoms with Crippen LogP contribution in [-0.2, 0) is 6.42 Å². The van der Waals surface area contributed by atoms with Crippen LogP contribution in [0.15, 0.2) is 41.3 Å². The highest BCUT2D eigenvalue weighted by Gasteiger charge is 2.04. The quantitative estimate of drug-likeness (QED) is 0.873. The van der Waals surface area contributed by atoms with Crippen LogP contribution in [0.25, 0.3) is 0 Å². The van der Waals surface area contributed by atoms with Crippen LogP contribution in [0.3, 0.4) is 0 Å². The molecular weight excluding hydrogens is 216 g/mol.